The summed E-state index contributed by atoms with van der Waals surface area (Å²) in [5.74, 6) is -0.0709. The van der Waals surface area contributed by atoms with Crippen LogP contribution in [0.25, 0.3) is 0 Å². The number of carbonyl (C=O) groups excluding carboxylic acids is 1. The molecule has 2 fully saturated rings. The molecule has 6 heteroatoms. The van der Waals surface area contributed by atoms with Crippen LogP contribution >= 0.6 is 0 Å². The molecule has 0 radical (unpaired) electrons. The number of ether oxygens (including phenoxy) is 1. The quantitative estimate of drug-likeness (QED) is 0.843. The Morgan fingerprint density at radius 2 is 1.79 bits per heavy atom. The van der Waals surface area contributed by atoms with Crippen LogP contribution in [0.4, 0.5) is 0 Å². The number of nitrogens with one attached hydrogen (secondary N) is 1. The third-order valence-electron chi connectivity index (χ3n) is 5.38. The Labute approximate surface area is 143 Å². The fourth-order valence-electron chi connectivity index (χ4n) is 4.13. The Morgan fingerprint density at radius 1 is 1.12 bits per heavy atom. The van der Waals surface area contributed by atoms with Gasteiger partial charge in [0.2, 0.25) is 0 Å². The highest BCUT2D eigenvalue weighted by Gasteiger charge is 2.48. The van der Waals surface area contributed by atoms with E-state index in [-0.39, 0.29) is 18.4 Å². The minimum Gasteiger partial charge on any atom is -0.468 e. The molecule has 132 valence electrons. The largest absolute Gasteiger partial charge is 0.468 e. The lowest BCUT2D eigenvalue weighted by Crippen LogP contribution is -2.44. The Morgan fingerprint density at radius 3 is 2.42 bits per heavy atom. The maximum Gasteiger partial charge on any atom is 0.322 e. The first kappa shape index (κ1) is 17.4. The summed E-state index contributed by atoms with van der Waals surface area (Å²) >= 11 is 0. The second-order valence-corrected chi connectivity index (χ2v) is 8.97. The van der Waals surface area contributed by atoms with Crippen LogP contribution < -0.4 is 5.32 Å². The number of benzene rings is 1. The molecule has 1 heterocycles. The van der Waals surface area contributed by atoms with Crippen molar-refractivity contribution < 1.29 is 17.9 Å². The number of sulfone groups is 1. The predicted molar refractivity (Wildman–Crippen MR) is 91.3 cm³/mol. The van der Waals surface area contributed by atoms with Gasteiger partial charge in [0, 0.05) is 6.04 Å². The molecule has 1 aromatic carbocycles. The highest BCUT2D eigenvalue weighted by Crippen LogP contribution is 2.36. The second kappa shape index (κ2) is 7.23. The van der Waals surface area contributed by atoms with Crippen molar-refractivity contribution >= 4 is 15.8 Å². The summed E-state index contributed by atoms with van der Waals surface area (Å²) in [6.45, 7) is 0. The highest BCUT2D eigenvalue weighted by molar-refractivity contribution is 7.92. The molecule has 1 saturated heterocycles. The molecule has 5 nitrogen and oxygen atoms in total. The minimum absolute atomic E-state index is 0.181. The Kier molecular flexibility index (Phi) is 5.25. The minimum atomic E-state index is -3.48. The molecule has 0 unspecified atom stereocenters. The highest BCUT2D eigenvalue weighted by atomic mass is 32.2. The van der Waals surface area contributed by atoms with Crippen molar-refractivity contribution in [3.05, 3.63) is 30.3 Å². The Bertz CT molecular complexity index is 668. The molecule has 3 atom stereocenters. The van der Waals surface area contributed by atoms with Gasteiger partial charge in [-0.25, -0.2) is 8.42 Å². The zero-order chi connectivity index (χ0) is 17.2. The van der Waals surface area contributed by atoms with E-state index in [0.29, 0.717) is 10.8 Å². The van der Waals surface area contributed by atoms with Crippen LogP contribution in [0, 0.1) is 5.92 Å². The van der Waals surface area contributed by atoms with E-state index in [4.69, 9.17) is 4.74 Å². The van der Waals surface area contributed by atoms with Gasteiger partial charge in [-0.3, -0.25) is 10.1 Å². The Hall–Kier alpha value is -1.40. The number of hydrogen-bond donors (Lipinski definition) is 1. The SMILES string of the molecule is COC(=O)[C@H]1C[C@H](S(=O)(=O)c2ccccc2)[C@@H](C2CCCCC2)N1. The first-order valence-corrected chi connectivity index (χ1v) is 10.2. The third kappa shape index (κ3) is 3.35. The summed E-state index contributed by atoms with van der Waals surface area (Å²) in [5, 5.41) is 2.71. The fraction of sp³-hybridized carbons (Fsp3) is 0.611. The van der Waals surface area contributed by atoms with Gasteiger partial charge in [0.1, 0.15) is 6.04 Å². The van der Waals surface area contributed by atoms with E-state index in [1.54, 1.807) is 24.3 Å². The predicted octanol–water partition coefficient (Wildman–Crippen LogP) is 2.31. The number of esters is 1. The van der Waals surface area contributed by atoms with Crippen molar-refractivity contribution in [2.75, 3.05) is 7.11 Å². The molecule has 0 bridgehead atoms. The van der Waals surface area contributed by atoms with Crippen molar-refractivity contribution in [2.45, 2.75) is 60.8 Å². The lowest BCUT2D eigenvalue weighted by atomic mass is 9.83. The smallest absolute Gasteiger partial charge is 0.322 e. The van der Waals surface area contributed by atoms with E-state index in [9.17, 15) is 13.2 Å². The van der Waals surface area contributed by atoms with Crippen LogP contribution in [0.15, 0.2) is 35.2 Å². The lowest BCUT2D eigenvalue weighted by molar-refractivity contribution is -0.142. The van der Waals surface area contributed by atoms with Gasteiger partial charge in [-0.05, 0) is 37.3 Å². The van der Waals surface area contributed by atoms with Crippen molar-refractivity contribution in [1.82, 2.24) is 5.32 Å². The molecule has 0 spiro atoms. The number of methoxy groups -OCH3 is 1. The zero-order valence-corrected chi connectivity index (χ0v) is 14.8. The molecule has 3 rings (SSSR count). The standard InChI is InChI=1S/C18H25NO4S/c1-23-18(20)15-12-16(17(19-15)13-8-4-2-5-9-13)24(21,22)14-10-6-3-7-11-14/h3,6-7,10-11,13,15-17,19H,2,4-5,8-9,12H2,1H3/t15-,16+,17-/m1/s1. The summed E-state index contributed by atoms with van der Waals surface area (Å²) in [4.78, 5) is 12.3. The summed E-state index contributed by atoms with van der Waals surface area (Å²) in [6, 6.07) is 7.84. The molecule has 24 heavy (non-hydrogen) atoms. The lowest BCUT2D eigenvalue weighted by Gasteiger charge is -2.31. The fourth-order valence-corrected chi connectivity index (χ4v) is 6.15. The number of hydrogen-bond acceptors (Lipinski definition) is 5. The molecule has 0 amide bonds. The van der Waals surface area contributed by atoms with Crippen molar-refractivity contribution in [1.29, 1.82) is 0 Å². The second-order valence-electron chi connectivity index (χ2n) is 6.80. The molecule has 2 aliphatic rings. The summed E-state index contributed by atoms with van der Waals surface area (Å²) in [5.41, 5.74) is 0. The van der Waals surface area contributed by atoms with Crippen LogP contribution in [-0.2, 0) is 19.4 Å². The van der Waals surface area contributed by atoms with E-state index < -0.39 is 21.1 Å². The molecular formula is C18H25NO4S. The third-order valence-corrected chi connectivity index (χ3v) is 7.59. The van der Waals surface area contributed by atoms with Gasteiger partial charge in [-0.2, -0.15) is 0 Å². The summed E-state index contributed by atoms with van der Waals surface area (Å²) in [7, 11) is -2.14. The van der Waals surface area contributed by atoms with Gasteiger partial charge in [0.25, 0.3) is 0 Å². The van der Waals surface area contributed by atoms with Crippen LogP contribution in [-0.4, -0.2) is 38.8 Å². The molecule has 1 aromatic rings. The van der Waals surface area contributed by atoms with Gasteiger partial charge < -0.3 is 4.74 Å². The number of rotatable bonds is 4. The van der Waals surface area contributed by atoms with Crippen LogP contribution in [0.3, 0.4) is 0 Å². The van der Waals surface area contributed by atoms with E-state index in [1.807, 2.05) is 6.07 Å². The number of carbonyl (C=O) groups is 1. The molecule has 1 aliphatic heterocycles. The monoisotopic (exact) mass is 351 g/mol. The van der Waals surface area contributed by atoms with Crippen LogP contribution in [0.1, 0.15) is 38.5 Å². The van der Waals surface area contributed by atoms with Crippen LogP contribution in [0.2, 0.25) is 0 Å². The topological polar surface area (TPSA) is 72.5 Å². The van der Waals surface area contributed by atoms with E-state index in [1.165, 1.54) is 13.5 Å². The van der Waals surface area contributed by atoms with E-state index in [2.05, 4.69) is 5.32 Å². The normalized spacial score (nSPS) is 28.6. The van der Waals surface area contributed by atoms with Gasteiger partial charge in [-0.1, -0.05) is 37.5 Å². The van der Waals surface area contributed by atoms with E-state index >= 15 is 0 Å². The maximum atomic E-state index is 13.2. The summed E-state index contributed by atoms with van der Waals surface area (Å²) < 4.78 is 31.1. The maximum absolute atomic E-state index is 13.2. The van der Waals surface area contributed by atoms with Gasteiger partial charge in [-0.15, -0.1) is 0 Å². The van der Waals surface area contributed by atoms with Crippen LogP contribution in [0.5, 0.6) is 0 Å². The zero-order valence-electron chi connectivity index (χ0n) is 14.0. The van der Waals surface area contributed by atoms with Crippen molar-refractivity contribution in [3.63, 3.8) is 0 Å². The molecule has 0 aromatic heterocycles. The molecule has 1 aliphatic carbocycles. The van der Waals surface area contributed by atoms with Crippen molar-refractivity contribution in [2.24, 2.45) is 5.92 Å². The summed E-state index contributed by atoms with van der Waals surface area (Å²) in [6.07, 6.45) is 5.79. The molecular weight excluding hydrogens is 326 g/mol. The Balaban J connectivity index is 1.91. The average molecular weight is 351 g/mol. The van der Waals surface area contributed by atoms with E-state index in [0.717, 1.165) is 25.7 Å². The van der Waals surface area contributed by atoms with Gasteiger partial charge in [0.15, 0.2) is 9.84 Å². The van der Waals surface area contributed by atoms with Gasteiger partial charge in [0.05, 0.1) is 17.3 Å². The average Bonchev–Trinajstić information content (AvgIpc) is 3.09. The molecule has 1 N–H and O–H groups in total. The first-order valence-electron chi connectivity index (χ1n) is 8.67. The van der Waals surface area contributed by atoms with Gasteiger partial charge >= 0.3 is 5.97 Å². The van der Waals surface area contributed by atoms with Crippen molar-refractivity contribution in [3.8, 4) is 0 Å². The molecule has 1 saturated carbocycles. The first-order chi connectivity index (χ1) is 11.5.